The lowest BCUT2D eigenvalue weighted by atomic mass is 10.2. The first kappa shape index (κ1) is 19.0. The van der Waals surface area contributed by atoms with Crippen LogP contribution in [0.15, 0.2) is 72.9 Å². The van der Waals surface area contributed by atoms with Gasteiger partial charge >= 0.3 is 5.97 Å². The monoisotopic (exact) mass is 379 g/mol. The quantitative estimate of drug-likeness (QED) is 0.615. The fraction of sp³-hybridized carbons (Fsp3) is 0.0952. The summed E-state index contributed by atoms with van der Waals surface area (Å²) < 4.78 is 19.0. The Hall–Kier alpha value is -3.74. The number of ether oxygens (including phenoxy) is 1. The minimum absolute atomic E-state index is 0.128. The molecule has 0 aliphatic heterocycles. The van der Waals surface area contributed by atoms with Crippen LogP contribution in [-0.2, 0) is 16.1 Å². The second-order valence-electron chi connectivity index (χ2n) is 5.83. The minimum atomic E-state index is -0.565. The van der Waals surface area contributed by atoms with Crippen molar-refractivity contribution >= 4 is 23.4 Å². The van der Waals surface area contributed by atoms with Crippen LogP contribution in [0.4, 0.5) is 15.9 Å². The first-order chi connectivity index (χ1) is 13.6. The number of anilines is 2. The lowest BCUT2D eigenvalue weighted by molar-refractivity contribution is -0.143. The van der Waals surface area contributed by atoms with Crippen LogP contribution in [0.3, 0.4) is 0 Å². The van der Waals surface area contributed by atoms with Gasteiger partial charge < -0.3 is 15.4 Å². The Morgan fingerprint density at radius 1 is 0.964 bits per heavy atom. The largest absolute Gasteiger partial charge is 0.460 e. The molecule has 142 valence electrons. The summed E-state index contributed by atoms with van der Waals surface area (Å²) in [6.45, 7) is -0.164. The maximum absolute atomic E-state index is 13.8. The Balaban J connectivity index is 1.58. The fourth-order valence-corrected chi connectivity index (χ4v) is 2.42. The van der Waals surface area contributed by atoms with Crippen molar-refractivity contribution in [2.75, 3.05) is 11.9 Å². The van der Waals surface area contributed by atoms with Gasteiger partial charge in [0.05, 0.1) is 11.3 Å². The van der Waals surface area contributed by atoms with E-state index in [-0.39, 0.29) is 30.2 Å². The van der Waals surface area contributed by atoms with Gasteiger partial charge in [0, 0.05) is 6.20 Å². The number of hydrogen-bond donors (Lipinski definition) is 2. The lowest BCUT2D eigenvalue weighted by Gasteiger charge is -2.11. The van der Waals surface area contributed by atoms with Gasteiger partial charge in [0.1, 0.15) is 24.8 Å². The van der Waals surface area contributed by atoms with E-state index >= 15 is 0 Å². The zero-order valence-corrected chi connectivity index (χ0v) is 14.9. The van der Waals surface area contributed by atoms with Gasteiger partial charge in [-0.3, -0.25) is 9.59 Å². The second-order valence-corrected chi connectivity index (χ2v) is 5.83. The molecule has 0 unspecified atom stereocenters. The summed E-state index contributed by atoms with van der Waals surface area (Å²) in [4.78, 5) is 28.4. The zero-order valence-electron chi connectivity index (χ0n) is 14.9. The van der Waals surface area contributed by atoms with Crippen molar-refractivity contribution in [3.8, 4) is 0 Å². The number of esters is 1. The summed E-state index contributed by atoms with van der Waals surface area (Å²) in [7, 11) is 0. The third-order valence-corrected chi connectivity index (χ3v) is 3.82. The van der Waals surface area contributed by atoms with Crippen molar-refractivity contribution in [2.24, 2.45) is 0 Å². The Kier molecular flexibility index (Phi) is 6.30. The molecule has 0 bridgehead atoms. The highest BCUT2D eigenvalue weighted by atomic mass is 19.1. The van der Waals surface area contributed by atoms with Crippen molar-refractivity contribution in [3.05, 3.63) is 89.9 Å². The Bertz CT molecular complexity index is 964. The third-order valence-electron chi connectivity index (χ3n) is 3.82. The van der Waals surface area contributed by atoms with Gasteiger partial charge in [0.15, 0.2) is 0 Å². The number of nitrogens with one attached hydrogen (secondary N) is 2. The number of carbonyl (C=O) groups excluding carboxylic acids is 2. The van der Waals surface area contributed by atoms with E-state index in [0.717, 1.165) is 5.56 Å². The molecule has 2 N–H and O–H groups in total. The van der Waals surface area contributed by atoms with Gasteiger partial charge in [-0.2, -0.15) is 0 Å². The number of pyridine rings is 1. The maximum Gasteiger partial charge on any atom is 0.325 e. The first-order valence-corrected chi connectivity index (χ1v) is 8.58. The van der Waals surface area contributed by atoms with Crippen LogP contribution >= 0.6 is 0 Å². The summed E-state index contributed by atoms with van der Waals surface area (Å²) in [6, 6.07) is 18.4. The van der Waals surface area contributed by atoms with Crippen molar-refractivity contribution in [1.29, 1.82) is 0 Å². The van der Waals surface area contributed by atoms with Gasteiger partial charge in [-0.25, -0.2) is 9.37 Å². The molecule has 7 heteroatoms. The van der Waals surface area contributed by atoms with Gasteiger partial charge in [0.25, 0.3) is 5.91 Å². The molecule has 1 amide bonds. The Labute approximate surface area is 161 Å². The molecule has 3 rings (SSSR count). The third kappa shape index (κ3) is 5.14. The number of nitrogens with zero attached hydrogens (tertiary/aromatic N) is 1. The van der Waals surface area contributed by atoms with E-state index in [1.807, 2.05) is 30.3 Å². The molecule has 0 saturated heterocycles. The molecule has 0 saturated carbocycles. The van der Waals surface area contributed by atoms with Crippen molar-refractivity contribution < 1.29 is 18.7 Å². The fourth-order valence-electron chi connectivity index (χ4n) is 2.42. The molecule has 2 aromatic carbocycles. The number of para-hydroxylation sites is 1. The molecule has 0 aliphatic carbocycles. The number of carbonyl (C=O) groups is 2. The first-order valence-electron chi connectivity index (χ1n) is 8.58. The van der Waals surface area contributed by atoms with E-state index in [9.17, 15) is 14.0 Å². The number of amides is 1. The number of aromatic nitrogens is 1. The van der Waals surface area contributed by atoms with Gasteiger partial charge in [-0.05, 0) is 29.8 Å². The average Bonchev–Trinajstić information content (AvgIpc) is 2.73. The average molecular weight is 379 g/mol. The molecule has 0 spiro atoms. The molecule has 28 heavy (non-hydrogen) atoms. The zero-order chi connectivity index (χ0) is 19.8. The van der Waals surface area contributed by atoms with Crippen LogP contribution in [0.25, 0.3) is 0 Å². The molecular formula is C21H18FN3O3. The molecular weight excluding hydrogens is 361 g/mol. The predicted octanol–water partition coefficient (Wildman–Crippen LogP) is 3.44. The van der Waals surface area contributed by atoms with Crippen molar-refractivity contribution in [1.82, 2.24) is 10.3 Å². The summed E-state index contributed by atoms with van der Waals surface area (Å²) in [5.74, 6) is -1.37. The minimum Gasteiger partial charge on any atom is -0.460 e. The molecule has 0 fully saturated rings. The van der Waals surface area contributed by atoms with Crippen LogP contribution in [0.5, 0.6) is 0 Å². The summed E-state index contributed by atoms with van der Waals surface area (Å²) >= 11 is 0. The highest BCUT2D eigenvalue weighted by molar-refractivity contribution is 6.00. The number of rotatable bonds is 7. The standard InChI is InChI=1S/C21H18FN3O3/c22-17-10-4-5-11-18(17)25-20-16(9-6-12-23-20)21(27)24-13-19(26)28-14-15-7-2-1-3-8-15/h1-12H,13-14H2,(H,23,25)(H,24,27). The Morgan fingerprint density at radius 3 is 2.50 bits per heavy atom. The van der Waals surface area contributed by atoms with Gasteiger partial charge in [-0.1, -0.05) is 42.5 Å². The maximum atomic E-state index is 13.8. The van der Waals surface area contributed by atoms with E-state index in [4.69, 9.17) is 4.74 Å². The molecule has 1 heterocycles. The topological polar surface area (TPSA) is 80.3 Å². The van der Waals surface area contributed by atoms with E-state index < -0.39 is 17.7 Å². The highest BCUT2D eigenvalue weighted by Crippen LogP contribution is 2.20. The van der Waals surface area contributed by atoms with E-state index in [1.165, 1.54) is 24.4 Å². The second kappa shape index (κ2) is 9.27. The van der Waals surface area contributed by atoms with Crippen LogP contribution in [-0.4, -0.2) is 23.4 Å². The van der Waals surface area contributed by atoms with Crippen LogP contribution in [0.1, 0.15) is 15.9 Å². The van der Waals surface area contributed by atoms with Crippen LogP contribution < -0.4 is 10.6 Å². The van der Waals surface area contributed by atoms with E-state index in [1.54, 1.807) is 18.2 Å². The van der Waals surface area contributed by atoms with E-state index in [2.05, 4.69) is 15.6 Å². The highest BCUT2D eigenvalue weighted by Gasteiger charge is 2.15. The molecule has 0 atom stereocenters. The SMILES string of the molecule is O=C(CNC(=O)c1cccnc1Nc1ccccc1F)OCc1ccccc1. The number of hydrogen-bond acceptors (Lipinski definition) is 5. The lowest BCUT2D eigenvalue weighted by Crippen LogP contribution is -2.31. The van der Waals surface area contributed by atoms with Crippen molar-refractivity contribution in [3.63, 3.8) is 0 Å². The molecule has 1 aromatic heterocycles. The van der Waals surface area contributed by atoms with Crippen LogP contribution in [0, 0.1) is 5.82 Å². The number of halogens is 1. The molecule has 0 radical (unpaired) electrons. The molecule has 3 aromatic rings. The van der Waals surface area contributed by atoms with E-state index in [0.29, 0.717) is 0 Å². The van der Waals surface area contributed by atoms with Crippen molar-refractivity contribution in [2.45, 2.75) is 6.61 Å². The normalized spacial score (nSPS) is 10.2. The predicted molar refractivity (Wildman–Crippen MR) is 102 cm³/mol. The molecule has 0 aliphatic rings. The number of benzene rings is 2. The Morgan fingerprint density at radius 2 is 1.71 bits per heavy atom. The smallest absolute Gasteiger partial charge is 0.325 e. The van der Waals surface area contributed by atoms with Gasteiger partial charge in [0.2, 0.25) is 0 Å². The van der Waals surface area contributed by atoms with Gasteiger partial charge in [-0.15, -0.1) is 0 Å². The summed E-state index contributed by atoms with van der Waals surface area (Å²) in [6.07, 6.45) is 1.48. The van der Waals surface area contributed by atoms with Crippen LogP contribution in [0.2, 0.25) is 0 Å². The molecule has 6 nitrogen and oxygen atoms in total. The summed E-state index contributed by atoms with van der Waals surface area (Å²) in [5.41, 5.74) is 1.23. The summed E-state index contributed by atoms with van der Waals surface area (Å²) in [5, 5.41) is 5.28.